The zero-order valence-corrected chi connectivity index (χ0v) is 19.5. The smallest absolute Gasteiger partial charge is 0.188 e. The summed E-state index contributed by atoms with van der Waals surface area (Å²) in [4.78, 5) is 0. The molecule has 0 spiro atoms. The van der Waals surface area contributed by atoms with Crippen molar-refractivity contribution in [3.05, 3.63) is 58.1 Å². The Balaban J connectivity index is 2.52. The molecular weight excluding hydrogens is 365 g/mol. The number of aryl methyl sites for hydroxylation is 3. The fraction of sp³-hybridized carbons (Fsp3) is 0.500. The number of hydrogen-bond donors (Lipinski definition) is 1. The fourth-order valence-corrected chi connectivity index (χ4v) is 5.27. The lowest BCUT2D eigenvalue weighted by molar-refractivity contribution is 0.0495. The Labute approximate surface area is 173 Å². The van der Waals surface area contributed by atoms with E-state index in [9.17, 15) is 0 Å². The number of nitrogens with one attached hydrogen (secondary N) is 1. The van der Waals surface area contributed by atoms with Gasteiger partial charge in [-0.25, -0.2) is 0 Å². The monoisotopic (exact) mass is 401 g/mol. The molecule has 28 heavy (non-hydrogen) atoms. The van der Waals surface area contributed by atoms with E-state index in [1.165, 1.54) is 33.1 Å². The van der Waals surface area contributed by atoms with Gasteiger partial charge in [0.15, 0.2) is 6.79 Å². The van der Waals surface area contributed by atoms with Crippen molar-refractivity contribution in [3.8, 4) is 5.75 Å². The summed E-state index contributed by atoms with van der Waals surface area (Å²) >= 11 is 0. The molecule has 1 N–H and O–H groups in total. The molecule has 0 bridgehead atoms. The number of methoxy groups -OCH3 is 1. The molecule has 3 nitrogen and oxygen atoms in total. The first kappa shape index (κ1) is 22.9. The molecule has 0 saturated carbocycles. The number of benzene rings is 2. The minimum absolute atomic E-state index is 0.00688. The van der Waals surface area contributed by atoms with Gasteiger partial charge in [-0.3, -0.25) is 0 Å². The minimum atomic E-state index is 0.00688. The van der Waals surface area contributed by atoms with Crippen molar-refractivity contribution in [3.63, 3.8) is 0 Å². The van der Waals surface area contributed by atoms with E-state index in [1.54, 1.807) is 7.11 Å². The first-order valence-corrected chi connectivity index (χ1v) is 11.2. The fourth-order valence-electron chi connectivity index (χ4n) is 3.61. The van der Waals surface area contributed by atoms with Gasteiger partial charge in [-0.05, 0) is 55.7 Å². The Morgan fingerprint density at radius 2 is 1.82 bits per heavy atom. The van der Waals surface area contributed by atoms with Crippen molar-refractivity contribution in [2.45, 2.75) is 59.7 Å². The van der Waals surface area contributed by atoms with Gasteiger partial charge in [0.2, 0.25) is 0 Å². The molecule has 0 aliphatic heterocycles. The van der Waals surface area contributed by atoms with Crippen LogP contribution in [0.2, 0.25) is 0 Å². The molecule has 2 unspecified atom stereocenters. The Morgan fingerprint density at radius 3 is 2.46 bits per heavy atom. The van der Waals surface area contributed by atoms with Crippen LogP contribution < -0.4 is 15.4 Å². The summed E-state index contributed by atoms with van der Waals surface area (Å²) in [5.74, 6) is 0.978. The summed E-state index contributed by atoms with van der Waals surface area (Å²) < 4.78 is 11.3. The van der Waals surface area contributed by atoms with Crippen LogP contribution in [0.1, 0.15) is 55.0 Å². The Kier molecular flexibility index (Phi) is 8.49. The van der Waals surface area contributed by atoms with Crippen LogP contribution in [-0.2, 0) is 16.4 Å². The lowest BCUT2D eigenvalue weighted by atomic mass is 9.92. The highest BCUT2D eigenvalue weighted by molar-refractivity contribution is 7.48. The molecule has 0 amide bonds. The summed E-state index contributed by atoms with van der Waals surface area (Å²) in [7, 11) is 2.34. The quantitative estimate of drug-likeness (QED) is 0.431. The van der Waals surface area contributed by atoms with Gasteiger partial charge < -0.3 is 14.8 Å². The lowest BCUT2D eigenvalue weighted by Crippen LogP contribution is -2.25. The molecule has 0 fully saturated rings. The highest BCUT2D eigenvalue weighted by Crippen LogP contribution is 2.49. The topological polar surface area (TPSA) is 30.5 Å². The third-order valence-corrected chi connectivity index (χ3v) is 7.51. The maximum absolute atomic E-state index is 6.05. The summed E-state index contributed by atoms with van der Waals surface area (Å²) in [6.07, 6.45) is 1.05. The Bertz CT molecular complexity index is 790. The van der Waals surface area contributed by atoms with Crippen molar-refractivity contribution in [1.82, 2.24) is 5.32 Å². The molecule has 2 rings (SSSR count). The molecule has 0 aliphatic rings. The standard InChI is InChI=1S/C24H36NO2P/c1-8-24(6,21-14-17(3)13-19(5)22(21)27-16-26-7)28-23-18(4)11-10-12-20(23)15-25-9-2/h10-14,25,28H,8-9,15-16H2,1-7H3. The van der Waals surface area contributed by atoms with Crippen LogP contribution in [0, 0.1) is 20.8 Å². The SMILES string of the molecule is CCNCc1cccc(C)c1PC(C)(CC)c1cc(C)cc(C)c1OCOC. The highest BCUT2D eigenvalue weighted by Gasteiger charge is 2.31. The van der Waals surface area contributed by atoms with Crippen molar-refractivity contribution < 1.29 is 9.47 Å². The van der Waals surface area contributed by atoms with Crippen LogP contribution in [0.3, 0.4) is 0 Å². The van der Waals surface area contributed by atoms with E-state index in [-0.39, 0.29) is 11.9 Å². The van der Waals surface area contributed by atoms with Crippen molar-refractivity contribution >= 4 is 13.9 Å². The maximum Gasteiger partial charge on any atom is 0.188 e. The van der Waals surface area contributed by atoms with Crippen LogP contribution >= 0.6 is 8.58 Å². The second-order valence-electron chi connectivity index (χ2n) is 7.71. The minimum Gasteiger partial charge on any atom is -0.467 e. The lowest BCUT2D eigenvalue weighted by Gasteiger charge is -2.33. The molecule has 2 aromatic carbocycles. The molecule has 0 heterocycles. The number of ether oxygens (including phenoxy) is 2. The third kappa shape index (κ3) is 5.35. The van der Waals surface area contributed by atoms with E-state index in [4.69, 9.17) is 9.47 Å². The molecule has 2 aromatic rings. The summed E-state index contributed by atoms with van der Waals surface area (Å²) in [5, 5.41) is 4.98. The Hall–Kier alpha value is -1.41. The molecule has 0 aliphatic carbocycles. The molecule has 4 heteroatoms. The molecule has 2 atom stereocenters. The number of hydrogen-bond acceptors (Lipinski definition) is 3. The average Bonchev–Trinajstić information content (AvgIpc) is 2.67. The van der Waals surface area contributed by atoms with E-state index in [2.05, 4.69) is 77.2 Å². The second-order valence-corrected chi connectivity index (χ2v) is 9.56. The van der Waals surface area contributed by atoms with Gasteiger partial charge in [0, 0.05) is 24.4 Å². The van der Waals surface area contributed by atoms with Gasteiger partial charge in [0.25, 0.3) is 0 Å². The van der Waals surface area contributed by atoms with Crippen molar-refractivity contribution in [1.29, 1.82) is 0 Å². The van der Waals surface area contributed by atoms with Gasteiger partial charge in [0.1, 0.15) is 5.75 Å². The molecule has 0 saturated heterocycles. The van der Waals surface area contributed by atoms with E-state index < -0.39 is 0 Å². The number of rotatable bonds is 10. The largest absolute Gasteiger partial charge is 0.467 e. The van der Waals surface area contributed by atoms with Crippen LogP contribution in [0.4, 0.5) is 0 Å². The van der Waals surface area contributed by atoms with Gasteiger partial charge in [-0.1, -0.05) is 65.2 Å². The van der Waals surface area contributed by atoms with E-state index >= 15 is 0 Å². The van der Waals surface area contributed by atoms with Crippen molar-refractivity contribution in [2.75, 3.05) is 20.4 Å². The average molecular weight is 402 g/mol. The van der Waals surface area contributed by atoms with Gasteiger partial charge in [0.05, 0.1) is 0 Å². The van der Waals surface area contributed by atoms with Gasteiger partial charge in [-0.15, -0.1) is 0 Å². The van der Waals surface area contributed by atoms with Crippen LogP contribution in [0.5, 0.6) is 5.75 Å². The highest BCUT2D eigenvalue weighted by atomic mass is 31.1. The normalized spacial score (nSPS) is 13.8. The third-order valence-electron chi connectivity index (χ3n) is 5.37. The van der Waals surface area contributed by atoms with E-state index in [0.717, 1.165) is 25.3 Å². The zero-order valence-electron chi connectivity index (χ0n) is 18.5. The summed E-state index contributed by atoms with van der Waals surface area (Å²) in [6, 6.07) is 11.2. The summed E-state index contributed by atoms with van der Waals surface area (Å²) in [6.45, 7) is 15.5. The van der Waals surface area contributed by atoms with E-state index in [0.29, 0.717) is 8.58 Å². The second kappa shape index (κ2) is 10.4. The van der Waals surface area contributed by atoms with Gasteiger partial charge >= 0.3 is 0 Å². The predicted octanol–water partition coefficient (Wildman–Crippen LogP) is 5.33. The Morgan fingerprint density at radius 1 is 1.07 bits per heavy atom. The van der Waals surface area contributed by atoms with E-state index in [1.807, 2.05) is 0 Å². The van der Waals surface area contributed by atoms with Crippen LogP contribution in [0.15, 0.2) is 30.3 Å². The van der Waals surface area contributed by atoms with Crippen molar-refractivity contribution in [2.24, 2.45) is 0 Å². The molecule has 0 radical (unpaired) electrons. The zero-order chi connectivity index (χ0) is 20.7. The molecule has 0 aromatic heterocycles. The first-order valence-electron chi connectivity index (χ1n) is 10.2. The maximum atomic E-state index is 6.05. The molecular formula is C24H36NO2P. The van der Waals surface area contributed by atoms with Crippen LogP contribution in [-0.4, -0.2) is 20.4 Å². The van der Waals surface area contributed by atoms with Crippen LogP contribution in [0.25, 0.3) is 0 Å². The molecule has 154 valence electrons. The first-order chi connectivity index (χ1) is 13.4. The van der Waals surface area contributed by atoms with Gasteiger partial charge in [-0.2, -0.15) is 0 Å². The predicted molar refractivity (Wildman–Crippen MR) is 123 cm³/mol. The summed E-state index contributed by atoms with van der Waals surface area (Å²) in [5.41, 5.74) is 6.52.